The van der Waals surface area contributed by atoms with Crippen molar-refractivity contribution in [2.45, 2.75) is 25.8 Å². The number of hydrogen-bond donors (Lipinski definition) is 1. The van der Waals surface area contributed by atoms with Crippen LogP contribution >= 0.6 is 0 Å². The van der Waals surface area contributed by atoms with Gasteiger partial charge in [-0.3, -0.25) is 0 Å². The minimum Gasteiger partial charge on any atom is -0.304 e. The first-order chi connectivity index (χ1) is 4.08. The normalized spacial score (nSPS) is 37.6. The summed E-state index contributed by atoms with van der Waals surface area (Å²) in [5, 5.41) is 3.16. The molecule has 1 nitrogen and oxygen atoms in total. The molecule has 0 heterocycles. The molecular weight excluding hydrogens is 110 g/mol. The minimum absolute atomic E-state index is 0.00694. The predicted octanol–water partition coefficient (Wildman–Crippen LogP) is 1.01. The molecular formula is C8H13N. The van der Waals surface area contributed by atoms with E-state index in [9.17, 15) is 0 Å². The summed E-state index contributed by atoms with van der Waals surface area (Å²) in [4.78, 5) is 0. The van der Waals surface area contributed by atoms with Gasteiger partial charge in [-0.15, -0.1) is 6.42 Å². The van der Waals surface area contributed by atoms with Crippen LogP contribution in [0.3, 0.4) is 0 Å². The van der Waals surface area contributed by atoms with Crippen molar-refractivity contribution in [3.05, 3.63) is 0 Å². The third-order valence-electron chi connectivity index (χ3n) is 2.41. The van der Waals surface area contributed by atoms with Gasteiger partial charge in [-0.25, -0.2) is 0 Å². The zero-order chi connectivity index (χ0) is 7.12. The standard InChI is InChI=1S/C8H13N/c1-5-8(9-4)6-7(8,2)3/h1,9H,6H2,2-4H3. The van der Waals surface area contributed by atoms with Crippen LogP contribution in [0.15, 0.2) is 0 Å². The Morgan fingerprint density at radius 2 is 2.00 bits per heavy atom. The average molecular weight is 123 g/mol. The summed E-state index contributed by atoms with van der Waals surface area (Å²) in [5.41, 5.74) is 0.323. The van der Waals surface area contributed by atoms with Crippen LogP contribution in [0.4, 0.5) is 0 Å². The highest BCUT2D eigenvalue weighted by molar-refractivity contribution is 5.31. The first-order valence-electron chi connectivity index (χ1n) is 3.25. The Morgan fingerprint density at radius 3 is 2.00 bits per heavy atom. The second-order valence-corrected chi connectivity index (χ2v) is 3.36. The quantitative estimate of drug-likeness (QED) is 0.513. The van der Waals surface area contributed by atoms with Gasteiger partial charge in [0.25, 0.3) is 0 Å². The van der Waals surface area contributed by atoms with Crippen molar-refractivity contribution in [3.8, 4) is 12.3 Å². The van der Waals surface area contributed by atoms with E-state index in [-0.39, 0.29) is 5.54 Å². The largest absolute Gasteiger partial charge is 0.304 e. The zero-order valence-corrected chi connectivity index (χ0v) is 6.28. The SMILES string of the molecule is C#CC1(NC)CC1(C)C. The molecule has 0 aliphatic heterocycles. The predicted molar refractivity (Wildman–Crippen MR) is 39.0 cm³/mol. The van der Waals surface area contributed by atoms with Gasteiger partial charge in [0.2, 0.25) is 0 Å². The maximum absolute atomic E-state index is 5.34. The Morgan fingerprint density at radius 1 is 1.56 bits per heavy atom. The van der Waals surface area contributed by atoms with E-state index in [1.54, 1.807) is 0 Å². The molecule has 0 aromatic rings. The van der Waals surface area contributed by atoms with Gasteiger partial charge in [0, 0.05) is 0 Å². The highest BCUT2D eigenvalue weighted by Gasteiger charge is 2.59. The molecule has 1 atom stereocenters. The molecule has 1 aliphatic carbocycles. The van der Waals surface area contributed by atoms with Gasteiger partial charge in [-0.2, -0.15) is 0 Å². The Balaban J connectivity index is 2.72. The molecule has 1 fully saturated rings. The highest BCUT2D eigenvalue weighted by atomic mass is 15.0. The average Bonchev–Trinajstić information content (AvgIpc) is 2.35. The summed E-state index contributed by atoms with van der Waals surface area (Å²) in [7, 11) is 1.93. The molecule has 1 unspecified atom stereocenters. The smallest absolute Gasteiger partial charge is 0.0854 e. The topological polar surface area (TPSA) is 12.0 Å². The van der Waals surface area contributed by atoms with E-state index in [2.05, 4.69) is 25.1 Å². The van der Waals surface area contributed by atoms with E-state index in [1.165, 1.54) is 0 Å². The number of rotatable bonds is 1. The van der Waals surface area contributed by atoms with Crippen LogP contribution in [0, 0.1) is 17.8 Å². The van der Waals surface area contributed by atoms with Gasteiger partial charge in [0.05, 0.1) is 5.54 Å². The lowest BCUT2D eigenvalue weighted by Crippen LogP contribution is -2.30. The molecule has 1 N–H and O–H groups in total. The molecule has 0 saturated heterocycles. The van der Waals surface area contributed by atoms with Crippen molar-refractivity contribution in [2.24, 2.45) is 5.41 Å². The Labute approximate surface area is 56.8 Å². The van der Waals surface area contributed by atoms with Crippen molar-refractivity contribution in [2.75, 3.05) is 7.05 Å². The first-order valence-corrected chi connectivity index (χ1v) is 3.25. The van der Waals surface area contributed by atoms with Crippen LogP contribution in [-0.2, 0) is 0 Å². The number of hydrogen-bond acceptors (Lipinski definition) is 1. The molecule has 0 aromatic heterocycles. The third-order valence-corrected chi connectivity index (χ3v) is 2.41. The van der Waals surface area contributed by atoms with E-state index in [4.69, 9.17) is 6.42 Å². The third kappa shape index (κ3) is 0.668. The molecule has 1 aliphatic rings. The van der Waals surface area contributed by atoms with E-state index >= 15 is 0 Å². The van der Waals surface area contributed by atoms with Gasteiger partial charge < -0.3 is 5.32 Å². The monoisotopic (exact) mass is 123 g/mol. The molecule has 50 valence electrons. The summed E-state index contributed by atoms with van der Waals surface area (Å²) in [6.45, 7) is 4.37. The lowest BCUT2D eigenvalue weighted by Gasteiger charge is -2.11. The molecule has 0 radical (unpaired) electrons. The lowest BCUT2D eigenvalue weighted by atomic mass is 10.1. The Bertz CT molecular complexity index is 164. The Kier molecular flexibility index (Phi) is 1.12. The minimum atomic E-state index is 0.00694. The van der Waals surface area contributed by atoms with Gasteiger partial charge in [0.1, 0.15) is 0 Å². The van der Waals surface area contributed by atoms with Crippen LogP contribution in [0.1, 0.15) is 20.3 Å². The molecule has 0 aromatic carbocycles. The fraction of sp³-hybridized carbons (Fsp3) is 0.750. The van der Waals surface area contributed by atoms with Gasteiger partial charge in [-0.1, -0.05) is 19.8 Å². The van der Waals surface area contributed by atoms with Crippen molar-refractivity contribution in [3.63, 3.8) is 0 Å². The summed E-state index contributed by atoms with van der Waals surface area (Å²) < 4.78 is 0. The van der Waals surface area contributed by atoms with Crippen LogP contribution in [0.25, 0.3) is 0 Å². The van der Waals surface area contributed by atoms with Crippen molar-refractivity contribution < 1.29 is 0 Å². The Hall–Kier alpha value is -0.480. The van der Waals surface area contributed by atoms with E-state index in [1.807, 2.05) is 7.05 Å². The van der Waals surface area contributed by atoms with Gasteiger partial charge >= 0.3 is 0 Å². The molecule has 0 bridgehead atoms. The van der Waals surface area contributed by atoms with Crippen LogP contribution in [0.2, 0.25) is 0 Å². The molecule has 0 spiro atoms. The van der Waals surface area contributed by atoms with Crippen molar-refractivity contribution in [1.29, 1.82) is 0 Å². The van der Waals surface area contributed by atoms with Crippen LogP contribution < -0.4 is 5.32 Å². The van der Waals surface area contributed by atoms with Crippen LogP contribution in [0.5, 0.6) is 0 Å². The summed E-state index contributed by atoms with van der Waals surface area (Å²) in [6.07, 6.45) is 6.45. The van der Waals surface area contributed by atoms with Crippen LogP contribution in [-0.4, -0.2) is 12.6 Å². The maximum Gasteiger partial charge on any atom is 0.0854 e. The molecule has 1 rings (SSSR count). The lowest BCUT2D eigenvalue weighted by molar-refractivity contribution is 0.511. The van der Waals surface area contributed by atoms with Gasteiger partial charge in [-0.05, 0) is 18.9 Å². The summed E-state index contributed by atoms with van der Waals surface area (Å²) in [6, 6.07) is 0. The highest BCUT2D eigenvalue weighted by Crippen LogP contribution is 2.54. The van der Waals surface area contributed by atoms with E-state index in [0.717, 1.165) is 6.42 Å². The van der Waals surface area contributed by atoms with Crippen molar-refractivity contribution >= 4 is 0 Å². The van der Waals surface area contributed by atoms with E-state index in [0.29, 0.717) is 5.41 Å². The number of nitrogens with one attached hydrogen (secondary N) is 1. The van der Waals surface area contributed by atoms with Gasteiger partial charge in [0.15, 0.2) is 0 Å². The fourth-order valence-corrected chi connectivity index (χ4v) is 1.36. The molecule has 9 heavy (non-hydrogen) atoms. The second kappa shape index (κ2) is 1.52. The molecule has 1 saturated carbocycles. The number of terminal acetylenes is 1. The summed E-state index contributed by atoms with van der Waals surface area (Å²) >= 11 is 0. The van der Waals surface area contributed by atoms with E-state index < -0.39 is 0 Å². The summed E-state index contributed by atoms with van der Waals surface area (Å²) in [5.74, 6) is 2.78. The first kappa shape index (κ1) is 6.64. The molecule has 1 heteroatoms. The zero-order valence-electron chi connectivity index (χ0n) is 6.28. The molecule has 0 amide bonds. The second-order valence-electron chi connectivity index (χ2n) is 3.36. The van der Waals surface area contributed by atoms with Crippen molar-refractivity contribution in [1.82, 2.24) is 5.32 Å². The fourth-order valence-electron chi connectivity index (χ4n) is 1.36. The maximum atomic E-state index is 5.34.